The number of carboxylic acids is 1. The van der Waals surface area contributed by atoms with Crippen molar-refractivity contribution < 1.29 is 23.8 Å². The number of fused-ring (bicyclic) bond motifs is 1. The highest BCUT2D eigenvalue weighted by Crippen LogP contribution is 2.31. The van der Waals surface area contributed by atoms with E-state index in [9.17, 15) is 18.8 Å². The lowest BCUT2D eigenvalue weighted by molar-refractivity contribution is -0.113. The summed E-state index contributed by atoms with van der Waals surface area (Å²) in [5, 5.41) is 12.0. The molecule has 1 aliphatic heterocycles. The molecule has 10 heteroatoms. The van der Waals surface area contributed by atoms with E-state index < -0.39 is 23.7 Å². The van der Waals surface area contributed by atoms with Crippen molar-refractivity contribution >= 4 is 35.0 Å². The van der Waals surface area contributed by atoms with Crippen LogP contribution in [0.5, 0.6) is 5.75 Å². The first-order valence-electron chi connectivity index (χ1n) is 14.0. The van der Waals surface area contributed by atoms with E-state index in [0.29, 0.717) is 37.6 Å². The second-order valence-corrected chi connectivity index (χ2v) is 11.3. The standard InChI is InChI=1S/C35H26FN3O5S/c1-21-30(32(40)38-27-8-3-2-4-9-27)31(23-15-17-26(36)18-16-23)39-33(41)29(45-35(39)37-21)19-25-7-5-6-10-28(25)44-20-22-11-13-24(14-12-22)34(42)43/h2-19,31H,20H2,1H3,(H,38,40)(H,42,43)/b29-19-/t31-/m0/s1. The molecule has 45 heavy (non-hydrogen) atoms. The fourth-order valence-corrected chi connectivity index (χ4v) is 6.11. The lowest BCUT2D eigenvalue weighted by Gasteiger charge is -2.25. The monoisotopic (exact) mass is 619 g/mol. The molecule has 0 unspecified atom stereocenters. The minimum Gasteiger partial charge on any atom is -0.488 e. The minimum absolute atomic E-state index is 0.185. The molecule has 1 amide bonds. The molecule has 5 aromatic rings. The van der Waals surface area contributed by atoms with Crippen molar-refractivity contribution in [3.05, 3.63) is 162 Å². The van der Waals surface area contributed by atoms with Crippen LogP contribution in [0.2, 0.25) is 0 Å². The van der Waals surface area contributed by atoms with E-state index in [-0.39, 0.29) is 23.3 Å². The van der Waals surface area contributed by atoms with E-state index in [4.69, 9.17) is 9.84 Å². The van der Waals surface area contributed by atoms with Gasteiger partial charge in [0, 0.05) is 11.3 Å². The van der Waals surface area contributed by atoms with Gasteiger partial charge in [0.25, 0.3) is 11.5 Å². The Labute approximate surface area is 260 Å². The molecule has 2 N–H and O–H groups in total. The summed E-state index contributed by atoms with van der Waals surface area (Å²) in [4.78, 5) is 43.9. The van der Waals surface area contributed by atoms with Gasteiger partial charge in [-0.25, -0.2) is 14.2 Å². The van der Waals surface area contributed by atoms with Crippen LogP contribution < -0.4 is 24.9 Å². The number of nitrogens with one attached hydrogen (secondary N) is 1. The van der Waals surface area contributed by atoms with Crippen LogP contribution in [0, 0.1) is 5.82 Å². The van der Waals surface area contributed by atoms with Gasteiger partial charge in [0.15, 0.2) is 4.80 Å². The molecule has 0 fully saturated rings. The Balaban J connectivity index is 1.38. The minimum atomic E-state index is -1.00. The van der Waals surface area contributed by atoms with E-state index in [1.807, 2.05) is 24.3 Å². The number of carbonyl (C=O) groups is 2. The summed E-state index contributed by atoms with van der Waals surface area (Å²) >= 11 is 1.18. The van der Waals surface area contributed by atoms with Gasteiger partial charge in [-0.1, -0.05) is 72.0 Å². The van der Waals surface area contributed by atoms with Crippen molar-refractivity contribution in [1.82, 2.24) is 4.57 Å². The van der Waals surface area contributed by atoms with Crippen LogP contribution in [0.15, 0.2) is 124 Å². The Morgan fingerprint density at radius 3 is 2.38 bits per heavy atom. The van der Waals surface area contributed by atoms with E-state index in [1.165, 1.54) is 40.2 Å². The number of halogens is 1. The molecule has 2 heterocycles. The fraction of sp³-hybridized carbons (Fsp3) is 0.0857. The first-order chi connectivity index (χ1) is 21.8. The molecule has 0 saturated carbocycles. The number of carbonyl (C=O) groups excluding carboxylic acids is 1. The number of aromatic nitrogens is 1. The normalized spacial score (nSPS) is 14.4. The van der Waals surface area contributed by atoms with E-state index >= 15 is 0 Å². The predicted molar refractivity (Wildman–Crippen MR) is 169 cm³/mol. The molecule has 4 aromatic carbocycles. The molecular formula is C35H26FN3O5S. The molecule has 6 rings (SSSR count). The van der Waals surface area contributed by atoms with Crippen LogP contribution >= 0.6 is 11.3 Å². The van der Waals surface area contributed by atoms with Crippen LogP contribution in [0.1, 0.15) is 40.0 Å². The highest BCUT2D eigenvalue weighted by molar-refractivity contribution is 7.07. The summed E-state index contributed by atoms with van der Waals surface area (Å²) in [6.07, 6.45) is 1.72. The summed E-state index contributed by atoms with van der Waals surface area (Å²) in [6.45, 7) is 1.91. The predicted octanol–water partition coefficient (Wildman–Crippen LogP) is 5.29. The number of carboxylic acid groups (broad SMARTS) is 1. The number of anilines is 1. The van der Waals surface area contributed by atoms with Crippen LogP contribution in [-0.4, -0.2) is 21.6 Å². The first-order valence-corrected chi connectivity index (χ1v) is 14.8. The third kappa shape index (κ3) is 6.22. The topological polar surface area (TPSA) is 110 Å². The Morgan fingerprint density at radius 1 is 0.978 bits per heavy atom. The van der Waals surface area contributed by atoms with E-state index in [2.05, 4.69) is 10.3 Å². The fourth-order valence-electron chi connectivity index (χ4n) is 5.07. The first kappa shape index (κ1) is 29.5. The summed E-state index contributed by atoms with van der Waals surface area (Å²) in [6, 6.07) is 27.5. The number of aromatic carboxylic acids is 1. The van der Waals surface area contributed by atoms with Gasteiger partial charge in [0.05, 0.1) is 27.4 Å². The Morgan fingerprint density at radius 2 is 1.67 bits per heavy atom. The van der Waals surface area contributed by atoms with Gasteiger partial charge in [-0.2, -0.15) is 0 Å². The second-order valence-electron chi connectivity index (χ2n) is 10.3. The van der Waals surface area contributed by atoms with Crippen molar-refractivity contribution in [2.75, 3.05) is 5.32 Å². The van der Waals surface area contributed by atoms with Crippen LogP contribution in [0.4, 0.5) is 10.1 Å². The molecule has 0 bridgehead atoms. The van der Waals surface area contributed by atoms with Crippen molar-refractivity contribution in [1.29, 1.82) is 0 Å². The van der Waals surface area contributed by atoms with E-state index in [0.717, 1.165) is 5.56 Å². The molecule has 0 saturated heterocycles. The maximum absolute atomic E-state index is 14.0. The van der Waals surface area contributed by atoms with Gasteiger partial charge < -0.3 is 15.2 Å². The SMILES string of the molecule is CC1=C(C(=O)Nc2ccccc2)[C@H](c2ccc(F)cc2)n2c(s/c(=C\c3ccccc3OCc3ccc(C(=O)O)cc3)c2=O)=N1. The summed E-state index contributed by atoms with van der Waals surface area (Å²) < 4.78 is 21.8. The maximum Gasteiger partial charge on any atom is 0.335 e. The smallest absolute Gasteiger partial charge is 0.335 e. The molecule has 0 radical (unpaired) electrons. The number of para-hydroxylation sites is 2. The summed E-state index contributed by atoms with van der Waals surface area (Å²) in [5.74, 6) is -1.33. The summed E-state index contributed by atoms with van der Waals surface area (Å²) in [5.41, 5.74) is 3.15. The molecule has 0 spiro atoms. The van der Waals surface area contributed by atoms with Gasteiger partial charge in [-0.3, -0.25) is 14.2 Å². The third-order valence-corrected chi connectivity index (χ3v) is 8.27. The number of allylic oxidation sites excluding steroid dienone is 1. The lowest BCUT2D eigenvalue weighted by Crippen LogP contribution is -2.40. The molecular weight excluding hydrogens is 593 g/mol. The van der Waals surface area contributed by atoms with Crippen LogP contribution in [-0.2, 0) is 11.4 Å². The maximum atomic E-state index is 14.0. The van der Waals surface area contributed by atoms with Crippen molar-refractivity contribution in [2.24, 2.45) is 4.99 Å². The van der Waals surface area contributed by atoms with Gasteiger partial charge >= 0.3 is 5.97 Å². The molecule has 0 aliphatic carbocycles. The third-order valence-electron chi connectivity index (χ3n) is 7.28. The van der Waals surface area contributed by atoms with Gasteiger partial charge in [-0.15, -0.1) is 0 Å². The Hall–Kier alpha value is -5.61. The van der Waals surface area contributed by atoms with Gasteiger partial charge in [-0.05, 0) is 66.6 Å². The number of hydrogen-bond donors (Lipinski definition) is 2. The zero-order valence-electron chi connectivity index (χ0n) is 23.9. The van der Waals surface area contributed by atoms with Crippen molar-refractivity contribution in [3.8, 4) is 5.75 Å². The largest absolute Gasteiger partial charge is 0.488 e. The quantitative estimate of drug-likeness (QED) is 0.245. The number of thiazole rings is 1. The zero-order chi connectivity index (χ0) is 31.5. The number of ether oxygens (including phenoxy) is 1. The van der Waals surface area contributed by atoms with Gasteiger partial charge in [0.2, 0.25) is 0 Å². The van der Waals surface area contributed by atoms with Crippen LogP contribution in [0.3, 0.4) is 0 Å². The number of nitrogens with zero attached hydrogens (tertiary/aromatic N) is 2. The van der Waals surface area contributed by atoms with Gasteiger partial charge in [0.1, 0.15) is 18.2 Å². The molecule has 1 atom stereocenters. The van der Waals surface area contributed by atoms with Crippen molar-refractivity contribution in [3.63, 3.8) is 0 Å². The number of hydrogen-bond acceptors (Lipinski definition) is 6. The average molecular weight is 620 g/mol. The second kappa shape index (κ2) is 12.6. The zero-order valence-corrected chi connectivity index (χ0v) is 24.8. The molecule has 224 valence electrons. The number of amides is 1. The highest BCUT2D eigenvalue weighted by Gasteiger charge is 2.32. The van der Waals surface area contributed by atoms with Crippen LogP contribution in [0.25, 0.3) is 6.08 Å². The summed E-state index contributed by atoms with van der Waals surface area (Å²) in [7, 11) is 0. The highest BCUT2D eigenvalue weighted by atomic mass is 32.1. The molecule has 8 nitrogen and oxygen atoms in total. The van der Waals surface area contributed by atoms with E-state index in [1.54, 1.807) is 67.6 Å². The molecule has 1 aromatic heterocycles. The average Bonchev–Trinajstić information content (AvgIpc) is 3.34. The number of benzene rings is 4. The Bertz CT molecular complexity index is 2120. The molecule has 1 aliphatic rings. The Kier molecular flexibility index (Phi) is 8.22. The lowest BCUT2D eigenvalue weighted by atomic mass is 9.95. The van der Waals surface area contributed by atoms with Crippen molar-refractivity contribution in [2.45, 2.75) is 19.6 Å². The number of rotatable bonds is 8.